The minimum atomic E-state index is -1.25. The van der Waals surface area contributed by atoms with Crippen LogP contribution < -0.4 is 11.0 Å². The molecular formula is C22H23N3O9. The van der Waals surface area contributed by atoms with Gasteiger partial charge in [-0.2, -0.15) is 4.98 Å². The van der Waals surface area contributed by atoms with E-state index in [0.717, 1.165) is 18.4 Å². The van der Waals surface area contributed by atoms with Crippen molar-refractivity contribution in [2.45, 2.75) is 45.3 Å². The minimum Gasteiger partial charge on any atom is -0.459 e. The molecule has 1 saturated heterocycles. The third-order valence-electron chi connectivity index (χ3n) is 4.69. The maximum absolute atomic E-state index is 12.6. The Morgan fingerprint density at radius 2 is 1.65 bits per heavy atom. The van der Waals surface area contributed by atoms with Gasteiger partial charge in [0.05, 0.1) is 5.56 Å². The molecule has 3 rings (SSSR count). The van der Waals surface area contributed by atoms with Gasteiger partial charge in [0.25, 0.3) is 0 Å². The van der Waals surface area contributed by atoms with E-state index in [9.17, 15) is 24.0 Å². The van der Waals surface area contributed by atoms with Crippen LogP contribution in [-0.4, -0.2) is 58.3 Å². The van der Waals surface area contributed by atoms with Gasteiger partial charge in [-0.15, -0.1) is 0 Å². The van der Waals surface area contributed by atoms with Crippen LogP contribution in [0.2, 0.25) is 0 Å². The highest BCUT2D eigenvalue weighted by atomic mass is 16.7. The Labute approximate surface area is 193 Å². The van der Waals surface area contributed by atoms with Gasteiger partial charge in [0, 0.05) is 27.0 Å². The largest absolute Gasteiger partial charge is 0.459 e. The fourth-order valence-corrected chi connectivity index (χ4v) is 3.39. The molecule has 12 heteroatoms. The maximum atomic E-state index is 12.6. The molecule has 1 amide bonds. The molecule has 1 aromatic heterocycles. The fraction of sp³-hybridized carbons (Fsp3) is 0.364. The van der Waals surface area contributed by atoms with Gasteiger partial charge in [-0.25, -0.2) is 9.59 Å². The summed E-state index contributed by atoms with van der Waals surface area (Å²) in [4.78, 5) is 63.5. The molecule has 34 heavy (non-hydrogen) atoms. The van der Waals surface area contributed by atoms with Gasteiger partial charge >= 0.3 is 23.6 Å². The molecular weight excluding hydrogens is 450 g/mol. The first-order chi connectivity index (χ1) is 16.2. The van der Waals surface area contributed by atoms with Crippen LogP contribution in [0.3, 0.4) is 0 Å². The number of amides is 1. The number of benzene rings is 1. The van der Waals surface area contributed by atoms with Gasteiger partial charge in [0.15, 0.2) is 18.4 Å². The fourth-order valence-electron chi connectivity index (χ4n) is 3.39. The van der Waals surface area contributed by atoms with Gasteiger partial charge in [0.1, 0.15) is 18.5 Å². The van der Waals surface area contributed by atoms with E-state index in [1.165, 1.54) is 19.2 Å². The van der Waals surface area contributed by atoms with Crippen molar-refractivity contribution in [1.29, 1.82) is 0 Å². The average molecular weight is 473 g/mol. The van der Waals surface area contributed by atoms with Gasteiger partial charge in [-0.05, 0) is 18.2 Å². The molecule has 0 saturated carbocycles. The van der Waals surface area contributed by atoms with Crippen LogP contribution in [0.4, 0.5) is 5.82 Å². The lowest BCUT2D eigenvalue weighted by atomic mass is 10.1. The number of hydrogen-bond donors (Lipinski definition) is 1. The van der Waals surface area contributed by atoms with Gasteiger partial charge in [-0.1, -0.05) is 18.2 Å². The maximum Gasteiger partial charge on any atom is 0.351 e. The molecule has 12 nitrogen and oxygen atoms in total. The van der Waals surface area contributed by atoms with E-state index in [4.69, 9.17) is 18.9 Å². The summed E-state index contributed by atoms with van der Waals surface area (Å²) in [7, 11) is 0. The van der Waals surface area contributed by atoms with Crippen LogP contribution in [0.25, 0.3) is 0 Å². The Morgan fingerprint density at radius 3 is 2.24 bits per heavy atom. The quantitative estimate of drug-likeness (QED) is 0.452. The first-order valence-corrected chi connectivity index (χ1v) is 10.2. The zero-order chi connectivity index (χ0) is 24.8. The normalized spacial score (nSPS) is 21.4. The van der Waals surface area contributed by atoms with E-state index in [-0.39, 0.29) is 12.4 Å². The summed E-state index contributed by atoms with van der Waals surface area (Å²) >= 11 is 0. The molecule has 1 aliphatic rings. The Hall–Kier alpha value is -4.06. The van der Waals surface area contributed by atoms with Crippen LogP contribution in [0, 0.1) is 0 Å². The number of nitrogens with one attached hydrogen (secondary N) is 1. The highest BCUT2D eigenvalue weighted by Crippen LogP contribution is 2.33. The van der Waals surface area contributed by atoms with Crippen LogP contribution in [-0.2, 0) is 33.3 Å². The summed E-state index contributed by atoms with van der Waals surface area (Å²) < 4.78 is 22.8. The highest BCUT2D eigenvalue weighted by molar-refractivity contribution is 5.89. The third-order valence-corrected chi connectivity index (χ3v) is 4.69. The minimum absolute atomic E-state index is 0.0145. The monoisotopic (exact) mass is 473 g/mol. The molecule has 180 valence electrons. The van der Waals surface area contributed by atoms with Crippen molar-refractivity contribution < 1.29 is 38.1 Å². The molecule has 1 fully saturated rings. The highest BCUT2D eigenvalue weighted by Gasteiger charge is 2.51. The number of ether oxygens (including phenoxy) is 4. The molecule has 0 bridgehead atoms. The summed E-state index contributed by atoms with van der Waals surface area (Å²) in [5.74, 6) is -2.46. The van der Waals surface area contributed by atoms with E-state index in [2.05, 4.69) is 10.3 Å². The standard InChI is InChI=1S/C22H23N3O9/c1-12(26)23-17-9-10-25(22(30)24-17)20-19(33-14(3)28)18(32-13(2)27)16(34-20)11-31-21(29)15-7-5-4-6-8-15/h4-10,16,18-20H,11H2,1-3H3,(H,23,24,26,30). The molecule has 0 radical (unpaired) electrons. The van der Waals surface area contributed by atoms with Crippen molar-refractivity contribution in [3.05, 3.63) is 58.6 Å². The van der Waals surface area contributed by atoms with Crippen molar-refractivity contribution in [2.24, 2.45) is 0 Å². The smallest absolute Gasteiger partial charge is 0.351 e. The number of aromatic nitrogens is 2. The number of carbonyl (C=O) groups is 4. The summed E-state index contributed by atoms with van der Waals surface area (Å²) in [6.07, 6.45) is -3.46. The molecule has 4 atom stereocenters. The van der Waals surface area contributed by atoms with Crippen molar-refractivity contribution in [3.8, 4) is 0 Å². The summed E-state index contributed by atoms with van der Waals surface area (Å²) in [6.45, 7) is 3.20. The van der Waals surface area contributed by atoms with Gasteiger partial charge < -0.3 is 24.3 Å². The zero-order valence-corrected chi connectivity index (χ0v) is 18.6. The molecule has 2 heterocycles. The second-order valence-corrected chi connectivity index (χ2v) is 7.36. The van der Waals surface area contributed by atoms with E-state index >= 15 is 0 Å². The molecule has 0 spiro atoms. The second kappa shape index (κ2) is 10.7. The Balaban J connectivity index is 1.88. The molecule has 0 aliphatic carbocycles. The van der Waals surface area contributed by atoms with E-state index in [1.54, 1.807) is 30.3 Å². The number of rotatable bonds is 7. The van der Waals surface area contributed by atoms with Crippen LogP contribution >= 0.6 is 0 Å². The molecule has 1 aromatic carbocycles. The van der Waals surface area contributed by atoms with Crippen molar-refractivity contribution in [1.82, 2.24) is 9.55 Å². The summed E-state index contributed by atoms with van der Waals surface area (Å²) in [5.41, 5.74) is -0.525. The van der Waals surface area contributed by atoms with Crippen LogP contribution in [0.15, 0.2) is 47.4 Å². The molecule has 4 unspecified atom stereocenters. The molecule has 1 N–H and O–H groups in total. The number of hydrogen-bond acceptors (Lipinski definition) is 10. The summed E-state index contributed by atoms with van der Waals surface area (Å²) in [5, 5.41) is 2.38. The van der Waals surface area contributed by atoms with Gasteiger partial charge in [-0.3, -0.25) is 19.0 Å². The lowest BCUT2D eigenvalue weighted by Gasteiger charge is -2.23. The van der Waals surface area contributed by atoms with Crippen LogP contribution in [0.5, 0.6) is 0 Å². The number of esters is 3. The first-order valence-electron chi connectivity index (χ1n) is 10.2. The Kier molecular flexibility index (Phi) is 7.74. The SMILES string of the molecule is CC(=O)Nc1ccn(C2OC(COC(=O)c3ccccc3)C(OC(C)=O)C2OC(C)=O)c(=O)n1. The number of anilines is 1. The topological polar surface area (TPSA) is 152 Å². The first kappa shape index (κ1) is 24.6. The van der Waals surface area contributed by atoms with Crippen molar-refractivity contribution in [3.63, 3.8) is 0 Å². The predicted molar refractivity (Wildman–Crippen MR) is 115 cm³/mol. The lowest BCUT2D eigenvalue weighted by Crippen LogP contribution is -2.42. The number of carbonyl (C=O) groups excluding carboxylic acids is 4. The van der Waals surface area contributed by atoms with Crippen molar-refractivity contribution >= 4 is 29.6 Å². The predicted octanol–water partition coefficient (Wildman–Crippen LogP) is 0.820. The Morgan fingerprint density at radius 1 is 1.00 bits per heavy atom. The average Bonchev–Trinajstić information content (AvgIpc) is 3.08. The van der Waals surface area contributed by atoms with E-state index in [0.29, 0.717) is 5.56 Å². The van der Waals surface area contributed by atoms with Crippen molar-refractivity contribution in [2.75, 3.05) is 11.9 Å². The van der Waals surface area contributed by atoms with E-state index in [1.807, 2.05) is 0 Å². The molecule has 2 aromatic rings. The van der Waals surface area contributed by atoms with Gasteiger partial charge in [0.2, 0.25) is 5.91 Å². The third kappa shape index (κ3) is 6.04. The lowest BCUT2D eigenvalue weighted by molar-refractivity contribution is -0.165. The van der Waals surface area contributed by atoms with E-state index < -0.39 is 54.0 Å². The number of nitrogens with zero attached hydrogens (tertiary/aromatic N) is 2. The second-order valence-electron chi connectivity index (χ2n) is 7.36. The zero-order valence-electron chi connectivity index (χ0n) is 18.6. The summed E-state index contributed by atoms with van der Waals surface area (Å²) in [6, 6.07) is 9.55. The van der Waals surface area contributed by atoms with Crippen LogP contribution in [0.1, 0.15) is 37.4 Å². The Bertz CT molecular complexity index is 1130. The molecule has 1 aliphatic heterocycles.